The molecule has 0 unspecified atom stereocenters. The summed E-state index contributed by atoms with van der Waals surface area (Å²) in [5, 5.41) is 0. The molecule has 18 heavy (non-hydrogen) atoms. The van der Waals surface area contributed by atoms with Crippen molar-refractivity contribution in [3.8, 4) is 5.75 Å². The summed E-state index contributed by atoms with van der Waals surface area (Å²) in [6.45, 7) is 1.74. The van der Waals surface area contributed by atoms with Crippen LogP contribution in [0.15, 0.2) is 23.1 Å². The van der Waals surface area contributed by atoms with Crippen molar-refractivity contribution >= 4 is 17.2 Å². The molecule has 0 fully saturated rings. The molecular weight excluding hydrogens is 250 g/mol. The third-order valence-corrected chi connectivity index (χ3v) is 2.58. The van der Waals surface area contributed by atoms with E-state index in [1.807, 2.05) is 19.0 Å². The highest BCUT2D eigenvalue weighted by Crippen LogP contribution is 2.02. The van der Waals surface area contributed by atoms with E-state index in [0.29, 0.717) is 30.3 Å². The Bertz CT molecular complexity index is 457. The molecular formula is C12H19N3O2S. The second-order valence-corrected chi connectivity index (χ2v) is 4.76. The number of aromatic nitrogens is 1. The summed E-state index contributed by atoms with van der Waals surface area (Å²) in [5.74, 6) is 0.363. The van der Waals surface area contributed by atoms with Crippen LogP contribution in [-0.2, 0) is 6.54 Å². The van der Waals surface area contributed by atoms with Gasteiger partial charge in [-0.3, -0.25) is 4.79 Å². The average Bonchev–Trinajstić information content (AvgIpc) is 2.29. The van der Waals surface area contributed by atoms with Crippen LogP contribution >= 0.6 is 12.2 Å². The summed E-state index contributed by atoms with van der Waals surface area (Å²) in [6.07, 6.45) is 2.22. The van der Waals surface area contributed by atoms with Crippen molar-refractivity contribution in [1.29, 1.82) is 0 Å². The SMILES string of the molecule is CN(C)CCOc1cccn(CCC(N)=S)c1=O. The molecule has 0 aliphatic rings. The normalized spacial score (nSPS) is 10.6. The summed E-state index contributed by atoms with van der Waals surface area (Å²) >= 11 is 4.80. The maximum absolute atomic E-state index is 12.0. The van der Waals surface area contributed by atoms with E-state index in [9.17, 15) is 4.79 Å². The van der Waals surface area contributed by atoms with Crippen LogP contribution in [0, 0.1) is 0 Å². The van der Waals surface area contributed by atoms with Gasteiger partial charge in [0.25, 0.3) is 5.56 Å². The van der Waals surface area contributed by atoms with Crippen molar-refractivity contribution in [2.45, 2.75) is 13.0 Å². The zero-order valence-corrected chi connectivity index (χ0v) is 11.6. The van der Waals surface area contributed by atoms with Gasteiger partial charge in [-0.25, -0.2) is 0 Å². The zero-order chi connectivity index (χ0) is 13.5. The molecule has 0 amide bonds. The smallest absolute Gasteiger partial charge is 0.292 e. The van der Waals surface area contributed by atoms with Crippen LogP contribution in [0.2, 0.25) is 0 Å². The molecule has 5 nitrogen and oxygen atoms in total. The molecule has 0 aliphatic carbocycles. The molecule has 0 saturated carbocycles. The predicted molar refractivity (Wildman–Crippen MR) is 76.2 cm³/mol. The molecule has 0 radical (unpaired) electrons. The Morgan fingerprint density at radius 3 is 2.89 bits per heavy atom. The van der Waals surface area contributed by atoms with Gasteiger partial charge in [-0.2, -0.15) is 0 Å². The van der Waals surface area contributed by atoms with Crippen LogP contribution in [-0.4, -0.2) is 41.7 Å². The van der Waals surface area contributed by atoms with Gasteiger partial charge < -0.3 is 19.9 Å². The fraction of sp³-hybridized carbons (Fsp3) is 0.500. The molecule has 0 atom stereocenters. The van der Waals surface area contributed by atoms with Crippen LogP contribution in [0.3, 0.4) is 0 Å². The lowest BCUT2D eigenvalue weighted by molar-refractivity contribution is 0.257. The minimum atomic E-state index is -0.146. The Morgan fingerprint density at radius 1 is 1.56 bits per heavy atom. The van der Waals surface area contributed by atoms with E-state index >= 15 is 0 Å². The third kappa shape index (κ3) is 4.85. The van der Waals surface area contributed by atoms with Crippen molar-refractivity contribution in [2.24, 2.45) is 5.73 Å². The van der Waals surface area contributed by atoms with Gasteiger partial charge in [0, 0.05) is 25.7 Å². The van der Waals surface area contributed by atoms with Gasteiger partial charge in [0.15, 0.2) is 5.75 Å². The molecule has 1 aromatic rings. The Kier molecular flexibility index (Phi) is 5.80. The van der Waals surface area contributed by atoms with Crippen molar-refractivity contribution in [1.82, 2.24) is 9.47 Å². The van der Waals surface area contributed by atoms with Gasteiger partial charge in [-0.15, -0.1) is 0 Å². The number of thiocarbonyl (C=S) groups is 1. The number of hydrogen-bond donors (Lipinski definition) is 1. The van der Waals surface area contributed by atoms with Gasteiger partial charge in [0.1, 0.15) is 6.61 Å². The van der Waals surface area contributed by atoms with E-state index in [1.54, 1.807) is 22.9 Å². The van der Waals surface area contributed by atoms with Crippen LogP contribution in [0.25, 0.3) is 0 Å². The molecule has 0 aliphatic heterocycles. The number of aryl methyl sites for hydroxylation is 1. The number of rotatable bonds is 7. The topological polar surface area (TPSA) is 60.5 Å². The summed E-state index contributed by atoms with van der Waals surface area (Å²) in [7, 11) is 3.91. The van der Waals surface area contributed by atoms with Crippen LogP contribution in [0.5, 0.6) is 5.75 Å². The molecule has 2 N–H and O–H groups in total. The van der Waals surface area contributed by atoms with Gasteiger partial charge in [-0.05, 0) is 26.2 Å². The van der Waals surface area contributed by atoms with Gasteiger partial charge in [0.2, 0.25) is 0 Å². The lowest BCUT2D eigenvalue weighted by Gasteiger charge is -2.12. The largest absolute Gasteiger partial charge is 0.487 e. The molecule has 0 aromatic carbocycles. The quantitative estimate of drug-likeness (QED) is 0.729. The first-order valence-electron chi connectivity index (χ1n) is 5.76. The standard InChI is InChI=1S/C12H19N3O2S/c1-14(2)8-9-17-10-4-3-6-15(12(10)16)7-5-11(13)18/h3-4,6H,5,7-9H2,1-2H3,(H2,13,18). The van der Waals surface area contributed by atoms with E-state index in [1.165, 1.54) is 0 Å². The Hall–Kier alpha value is -1.40. The molecule has 1 heterocycles. The predicted octanol–water partition coefficient (Wildman–Crippen LogP) is 0.465. The van der Waals surface area contributed by atoms with Gasteiger partial charge in [-0.1, -0.05) is 12.2 Å². The average molecular weight is 269 g/mol. The monoisotopic (exact) mass is 269 g/mol. The zero-order valence-electron chi connectivity index (χ0n) is 10.8. The third-order valence-electron chi connectivity index (χ3n) is 2.38. The number of ether oxygens (including phenoxy) is 1. The van der Waals surface area contributed by atoms with E-state index < -0.39 is 0 Å². The molecule has 1 aromatic heterocycles. The molecule has 0 spiro atoms. The second kappa shape index (κ2) is 7.13. The second-order valence-electron chi connectivity index (χ2n) is 4.24. The Morgan fingerprint density at radius 2 is 2.28 bits per heavy atom. The highest BCUT2D eigenvalue weighted by atomic mass is 32.1. The maximum atomic E-state index is 12.0. The van der Waals surface area contributed by atoms with Gasteiger partial charge in [0.05, 0.1) is 4.99 Å². The lowest BCUT2D eigenvalue weighted by atomic mass is 10.4. The Balaban J connectivity index is 2.66. The number of nitrogens with two attached hydrogens (primary N) is 1. The van der Waals surface area contributed by atoms with E-state index in [2.05, 4.69) is 0 Å². The fourth-order valence-electron chi connectivity index (χ4n) is 1.37. The highest BCUT2D eigenvalue weighted by molar-refractivity contribution is 7.80. The fourth-order valence-corrected chi connectivity index (χ4v) is 1.46. The molecule has 0 saturated heterocycles. The molecule has 0 bridgehead atoms. The first kappa shape index (κ1) is 14.7. The minimum Gasteiger partial charge on any atom is -0.487 e. The maximum Gasteiger partial charge on any atom is 0.292 e. The van der Waals surface area contributed by atoms with Crippen LogP contribution in [0.1, 0.15) is 6.42 Å². The summed E-state index contributed by atoms with van der Waals surface area (Å²) < 4.78 is 7.02. The van der Waals surface area contributed by atoms with Crippen LogP contribution < -0.4 is 16.0 Å². The van der Waals surface area contributed by atoms with Crippen molar-refractivity contribution in [3.05, 3.63) is 28.7 Å². The van der Waals surface area contributed by atoms with E-state index in [-0.39, 0.29) is 5.56 Å². The molecule has 6 heteroatoms. The van der Waals surface area contributed by atoms with Crippen molar-refractivity contribution in [3.63, 3.8) is 0 Å². The molecule has 1 rings (SSSR count). The van der Waals surface area contributed by atoms with Gasteiger partial charge >= 0.3 is 0 Å². The van der Waals surface area contributed by atoms with E-state index in [4.69, 9.17) is 22.7 Å². The first-order valence-corrected chi connectivity index (χ1v) is 6.17. The summed E-state index contributed by atoms with van der Waals surface area (Å²) in [4.78, 5) is 14.4. The number of likely N-dealkylation sites (N-methyl/N-ethyl adjacent to an activating group) is 1. The number of nitrogens with zero attached hydrogens (tertiary/aromatic N) is 2. The number of hydrogen-bond acceptors (Lipinski definition) is 4. The summed E-state index contributed by atoms with van der Waals surface area (Å²) in [6, 6.07) is 3.46. The van der Waals surface area contributed by atoms with Crippen molar-refractivity contribution < 1.29 is 4.74 Å². The number of pyridine rings is 1. The molecule has 100 valence electrons. The van der Waals surface area contributed by atoms with Crippen molar-refractivity contribution in [2.75, 3.05) is 27.2 Å². The minimum absolute atomic E-state index is 0.146. The van der Waals surface area contributed by atoms with E-state index in [0.717, 1.165) is 6.54 Å². The first-order chi connectivity index (χ1) is 8.50. The summed E-state index contributed by atoms with van der Waals surface area (Å²) in [5.41, 5.74) is 5.28. The Labute approximate surface area is 112 Å². The lowest BCUT2D eigenvalue weighted by Crippen LogP contribution is -2.26. The highest BCUT2D eigenvalue weighted by Gasteiger charge is 2.04. The van der Waals surface area contributed by atoms with Crippen LogP contribution in [0.4, 0.5) is 0 Å².